The Labute approximate surface area is 117 Å². The third-order valence-electron chi connectivity index (χ3n) is 3.24. The number of nitrogens with one attached hydrogen (secondary N) is 1. The zero-order valence-corrected chi connectivity index (χ0v) is 11.3. The molecule has 1 N–H and O–H groups in total. The van der Waals surface area contributed by atoms with Gasteiger partial charge in [-0.3, -0.25) is 9.59 Å². The molecule has 5 heteroatoms. The summed E-state index contributed by atoms with van der Waals surface area (Å²) in [6.45, 7) is 0.522. The molecule has 2 rings (SSSR count). The number of methoxy groups -OCH3 is 1. The fourth-order valence-corrected chi connectivity index (χ4v) is 2.25. The van der Waals surface area contributed by atoms with Gasteiger partial charge >= 0.3 is 0 Å². The Bertz CT molecular complexity index is 562. The molecule has 0 radical (unpaired) electrons. The third-order valence-corrected chi connectivity index (χ3v) is 3.24. The number of hydrogen-bond donors (Lipinski definition) is 1. The predicted octanol–water partition coefficient (Wildman–Crippen LogP) is 0.797. The van der Waals surface area contributed by atoms with Crippen molar-refractivity contribution in [1.82, 2.24) is 5.32 Å². The van der Waals surface area contributed by atoms with Gasteiger partial charge in [-0.15, -0.1) is 6.42 Å². The zero-order chi connectivity index (χ0) is 14.5. The molecule has 1 aliphatic rings. The lowest BCUT2D eigenvalue weighted by molar-refractivity contribution is -0.126. The lowest BCUT2D eigenvalue weighted by Gasteiger charge is -2.19. The number of terminal acetylenes is 1. The largest absolute Gasteiger partial charge is 0.495 e. The molecule has 0 saturated carbocycles. The van der Waals surface area contributed by atoms with E-state index in [0.29, 0.717) is 18.0 Å². The van der Waals surface area contributed by atoms with Crippen LogP contribution in [-0.2, 0) is 9.59 Å². The highest BCUT2D eigenvalue weighted by Gasteiger charge is 2.35. The molecule has 1 fully saturated rings. The average molecular weight is 272 g/mol. The molecule has 1 unspecified atom stereocenters. The first-order valence-electron chi connectivity index (χ1n) is 6.32. The minimum atomic E-state index is -0.374. The van der Waals surface area contributed by atoms with Gasteiger partial charge in [-0.05, 0) is 12.1 Å². The normalized spacial score (nSPS) is 17.7. The van der Waals surface area contributed by atoms with Gasteiger partial charge in [-0.2, -0.15) is 0 Å². The molecule has 0 spiro atoms. The van der Waals surface area contributed by atoms with Crippen molar-refractivity contribution in [1.29, 1.82) is 0 Å². The van der Waals surface area contributed by atoms with E-state index < -0.39 is 0 Å². The number of ether oxygens (including phenoxy) is 1. The number of carbonyl (C=O) groups is 2. The van der Waals surface area contributed by atoms with Gasteiger partial charge in [0.05, 0.1) is 25.3 Å². The number of hydrogen-bond acceptors (Lipinski definition) is 3. The van der Waals surface area contributed by atoms with Crippen molar-refractivity contribution in [2.45, 2.75) is 6.42 Å². The summed E-state index contributed by atoms with van der Waals surface area (Å²) in [5.74, 6) is 2.31. The fraction of sp³-hybridized carbons (Fsp3) is 0.333. The van der Waals surface area contributed by atoms with Crippen LogP contribution in [0.1, 0.15) is 6.42 Å². The molecule has 1 atom stereocenters. The molecule has 1 aromatic rings. The zero-order valence-electron chi connectivity index (χ0n) is 11.3. The molecule has 0 bridgehead atoms. The number of anilines is 1. The number of nitrogens with zero attached hydrogens (tertiary/aromatic N) is 1. The van der Waals surface area contributed by atoms with Crippen molar-refractivity contribution < 1.29 is 14.3 Å². The molecule has 1 heterocycles. The highest BCUT2D eigenvalue weighted by atomic mass is 16.5. The van der Waals surface area contributed by atoms with E-state index in [9.17, 15) is 9.59 Å². The Morgan fingerprint density at radius 2 is 2.30 bits per heavy atom. The Balaban J connectivity index is 2.13. The number of para-hydroxylation sites is 2. The molecule has 5 nitrogen and oxygen atoms in total. The summed E-state index contributed by atoms with van der Waals surface area (Å²) >= 11 is 0. The van der Waals surface area contributed by atoms with E-state index in [-0.39, 0.29) is 30.7 Å². The Morgan fingerprint density at radius 1 is 1.55 bits per heavy atom. The summed E-state index contributed by atoms with van der Waals surface area (Å²) in [6.07, 6.45) is 5.29. The van der Waals surface area contributed by atoms with Crippen molar-refractivity contribution in [3.05, 3.63) is 24.3 Å². The lowest BCUT2D eigenvalue weighted by Crippen LogP contribution is -2.33. The minimum Gasteiger partial charge on any atom is -0.495 e. The number of carbonyl (C=O) groups excluding carboxylic acids is 2. The first-order chi connectivity index (χ1) is 9.67. The smallest absolute Gasteiger partial charge is 0.227 e. The molecule has 1 saturated heterocycles. The summed E-state index contributed by atoms with van der Waals surface area (Å²) in [5.41, 5.74) is 0.687. The van der Waals surface area contributed by atoms with E-state index >= 15 is 0 Å². The summed E-state index contributed by atoms with van der Waals surface area (Å²) in [6, 6.07) is 7.25. The second-order valence-electron chi connectivity index (χ2n) is 4.50. The van der Waals surface area contributed by atoms with Crippen LogP contribution in [0.4, 0.5) is 5.69 Å². The maximum Gasteiger partial charge on any atom is 0.227 e. The van der Waals surface area contributed by atoms with Gasteiger partial charge in [0.15, 0.2) is 0 Å². The first kappa shape index (κ1) is 13.9. The van der Waals surface area contributed by atoms with Gasteiger partial charge in [0.25, 0.3) is 0 Å². The highest BCUT2D eigenvalue weighted by molar-refractivity contribution is 6.01. The Kier molecular flexibility index (Phi) is 4.26. The van der Waals surface area contributed by atoms with E-state index in [2.05, 4.69) is 11.2 Å². The van der Waals surface area contributed by atoms with Crippen LogP contribution in [0.15, 0.2) is 24.3 Å². The fourth-order valence-electron chi connectivity index (χ4n) is 2.25. The predicted molar refractivity (Wildman–Crippen MR) is 75.3 cm³/mol. The van der Waals surface area contributed by atoms with E-state index in [1.165, 1.54) is 0 Å². The molecule has 1 aliphatic heterocycles. The standard InChI is InChI=1S/C15H16N2O3/c1-3-8-16-15(19)11-9-14(18)17(10-11)12-6-4-5-7-13(12)20-2/h1,4-7,11H,8-10H2,2H3,(H,16,19). The van der Waals surface area contributed by atoms with Crippen LogP contribution in [0.25, 0.3) is 0 Å². The quantitative estimate of drug-likeness (QED) is 0.825. The molecule has 2 amide bonds. The second-order valence-corrected chi connectivity index (χ2v) is 4.50. The van der Waals surface area contributed by atoms with Gasteiger partial charge < -0.3 is 15.0 Å². The summed E-state index contributed by atoms with van der Waals surface area (Å²) in [4.78, 5) is 25.5. The second kappa shape index (κ2) is 6.11. The van der Waals surface area contributed by atoms with Gasteiger partial charge in [-0.25, -0.2) is 0 Å². The Hall–Kier alpha value is -2.48. The monoisotopic (exact) mass is 272 g/mol. The van der Waals surface area contributed by atoms with Crippen LogP contribution in [0.3, 0.4) is 0 Å². The van der Waals surface area contributed by atoms with E-state index in [1.54, 1.807) is 24.1 Å². The molecule has 104 valence electrons. The molecular weight excluding hydrogens is 256 g/mol. The van der Waals surface area contributed by atoms with Crippen molar-refractivity contribution >= 4 is 17.5 Å². The van der Waals surface area contributed by atoms with Gasteiger partial charge in [-0.1, -0.05) is 18.1 Å². The summed E-state index contributed by atoms with van der Waals surface area (Å²) in [5, 5.41) is 2.61. The minimum absolute atomic E-state index is 0.0876. The summed E-state index contributed by atoms with van der Waals surface area (Å²) in [7, 11) is 1.55. The first-order valence-corrected chi connectivity index (χ1v) is 6.32. The molecule has 0 aliphatic carbocycles. The molecule has 0 aromatic heterocycles. The SMILES string of the molecule is C#CCNC(=O)C1CC(=O)N(c2ccccc2OC)C1. The molecule has 1 aromatic carbocycles. The van der Waals surface area contributed by atoms with Crippen LogP contribution in [0.5, 0.6) is 5.75 Å². The van der Waals surface area contributed by atoms with Crippen LogP contribution >= 0.6 is 0 Å². The van der Waals surface area contributed by atoms with Crippen molar-refractivity contribution in [3.8, 4) is 18.1 Å². The lowest BCUT2D eigenvalue weighted by atomic mass is 10.1. The summed E-state index contributed by atoms with van der Waals surface area (Å²) < 4.78 is 5.25. The third kappa shape index (κ3) is 2.75. The van der Waals surface area contributed by atoms with Gasteiger partial charge in [0.1, 0.15) is 5.75 Å². The maximum absolute atomic E-state index is 12.1. The topological polar surface area (TPSA) is 58.6 Å². The van der Waals surface area contributed by atoms with Crippen molar-refractivity contribution in [3.63, 3.8) is 0 Å². The van der Waals surface area contributed by atoms with Crippen LogP contribution in [0, 0.1) is 18.3 Å². The number of benzene rings is 1. The van der Waals surface area contributed by atoms with Crippen molar-refractivity contribution in [2.75, 3.05) is 25.1 Å². The molecular formula is C15H16N2O3. The van der Waals surface area contributed by atoms with Gasteiger partial charge in [0.2, 0.25) is 11.8 Å². The Morgan fingerprint density at radius 3 is 3.00 bits per heavy atom. The van der Waals surface area contributed by atoms with Crippen LogP contribution in [-0.4, -0.2) is 32.0 Å². The highest BCUT2D eigenvalue weighted by Crippen LogP contribution is 2.32. The average Bonchev–Trinajstić information content (AvgIpc) is 2.86. The maximum atomic E-state index is 12.1. The van der Waals surface area contributed by atoms with E-state index in [1.807, 2.05) is 12.1 Å². The van der Waals surface area contributed by atoms with Crippen LogP contribution < -0.4 is 15.0 Å². The number of amides is 2. The van der Waals surface area contributed by atoms with E-state index in [0.717, 1.165) is 0 Å². The van der Waals surface area contributed by atoms with Gasteiger partial charge in [0, 0.05) is 13.0 Å². The van der Waals surface area contributed by atoms with E-state index in [4.69, 9.17) is 11.2 Å². The number of rotatable bonds is 4. The molecule has 20 heavy (non-hydrogen) atoms. The van der Waals surface area contributed by atoms with Crippen LogP contribution in [0.2, 0.25) is 0 Å². The van der Waals surface area contributed by atoms with Crippen molar-refractivity contribution in [2.24, 2.45) is 5.92 Å².